The van der Waals surface area contributed by atoms with Gasteiger partial charge in [-0.2, -0.15) is 5.26 Å². The van der Waals surface area contributed by atoms with Crippen LogP contribution in [-0.4, -0.2) is 9.55 Å². The quantitative estimate of drug-likeness (QED) is 0.752. The molecule has 4 heteroatoms. The van der Waals surface area contributed by atoms with Crippen molar-refractivity contribution >= 4 is 22.6 Å². The molecule has 0 aliphatic heterocycles. The zero-order chi connectivity index (χ0) is 14.7. The summed E-state index contributed by atoms with van der Waals surface area (Å²) in [4.78, 5) is 4.59. The maximum Gasteiger partial charge on any atom is 0.127 e. The zero-order valence-corrected chi connectivity index (χ0v) is 13.0. The lowest BCUT2D eigenvalue weighted by molar-refractivity contribution is 0.509. The van der Waals surface area contributed by atoms with E-state index in [4.69, 9.17) is 11.6 Å². The minimum Gasteiger partial charge on any atom is -0.327 e. The van der Waals surface area contributed by atoms with Crippen LogP contribution in [-0.2, 0) is 6.54 Å². The number of alkyl halides is 1. The molecule has 0 aliphatic carbocycles. The van der Waals surface area contributed by atoms with Crippen LogP contribution in [0, 0.1) is 17.2 Å². The molecule has 20 heavy (non-hydrogen) atoms. The fourth-order valence-electron chi connectivity index (χ4n) is 2.45. The average molecular weight is 290 g/mol. The molecule has 1 aromatic carbocycles. The Morgan fingerprint density at radius 2 is 2.10 bits per heavy atom. The molecule has 0 saturated carbocycles. The van der Waals surface area contributed by atoms with Crippen molar-refractivity contribution in [1.29, 1.82) is 5.26 Å². The third-order valence-electron chi connectivity index (χ3n) is 3.45. The Morgan fingerprint density at radius 3 is 2.70 bits per heavy atom. The Labute approximate surface area is 125 Å². The zero-order valence-electron chi connectivity index (χ0n) is 12.2. The summed E-state index contributed by atoms with van der Waals surface area (Å²) in [5, 5.41) is 9.03. The summed E-state index contributed by atoms with van der Waals surface area (Å²) in [6.07, 6.45) is 2.27. The molecule has 3 nitrogen and oxygen atoms in total. The van der Waals surface area contributed by atoms with E-state index in [1.54, 1.807) is 6.07 Å². The molecule has 2 aromatic rings. The minimum absolute atomic E-state index is 0.159. The van der Waals surface area contributed by atoms with E-state index in [-0.39, 0.29) is 5.38 Å². The van der Waals surface area contributed by atoms with Crippen molar-refractivity contribution in [3.63, 3.8) is 0 Å². The van der Waals surface area contributed by atoms with Crippen LogP contribution in [0.4, 0.5) is 0 Å². The van der Waals surface area contributed by atoms with Gasteiger partial charge in [0.2, 0.25) is 0 Å². The van der Waals surface area contributed by atoms with E-state index in [1.807, 2.05) is 19.1 Å². The number of imidazole rings is 1. The lowest BCUT2D eigenvalue weighted by Crippen LogP contribution is -2.05. The highest BCUT2D eigenvalue weighted by atomic mass is 35.5. The molecule has 0 saturated heterocycles. The SMILES string of the molecule is CC(C)CCCn1c(C(C)Cl)nc2c(C#N)cccc21. The molecule has 0 bridgehead atoms. The third kappa shape index (κ3) is 2.96. The number of hydrogen-bond acceptors (Lipinski definition) is 2. The van der Waals surface area contributed by atoms with Gasteiger partial charge in [0, 0.05) is 6.54 Å². The van der Waals surface area contributed by atoms with Crippen LogP contribution in [0.2, 0.25) is 0 Å². The molecule has 1 atom stereocenters. The van der Waals surface area contributed by atoms with Gasteiger partial charge in [-0.3, -0.25) is 0 Å². The van der Waals surface area contributed by atoms with E-state index in [9.17, 15) is 5.26 Å². The number of para-hydroxylation sites is 1. The first-order chi connectivity index (χ1) is 9.54. The van der Waals surface area contributed by atoms with E-state index in [2.05, 4.69) is 29.5 Å². The van der Waals surface area contributed by atoms with Gasteiger partial charge in [-0.1, -0.05) is 19.9 Å². The fraction of sp³-hybridized carbons (Fsp3) is 0.500. The van der Waals surface area contributed by atoms with Gasteiger partial charge in [0.25, 0.3) is 0 Å². The fourth-order valence-corrected chi connectivity index (χ4v) is 2.62. The first kappa shape index (κ1) is 14.9. The number of fused-ring (bicyclic) bond motifs is 1. The smallest absolute Gasteiger partial charge is 0.127 e. The number of aromatic nitrogens is 2. The summed E-state index contributed by atoms with van der Waals surface area (Å²) >= 11 is 6.25. The molecule has 0 N–H and O–H groups in total. The van der Waals surface area contributed by atoms with Gasteiger partial charge in [-0.15, -0.1) is 11.6 Å². The number of nitrogens with zero attached hydrogens (tertiary/aromatic N) is 3. The molecule has 0 spiro atoms. The molecule has 106 valence electrons. The van der Waals surface area contributed by atoms with Crippen molar-refractivity contribution in [1.82, 2.24) is 9.55 Å². The summed E-state index contributed by atoms with van der Waals surface area (Å²) in [6, 6.07) is 7.93. The molecule has 1 heterocycles. The first-order valence-electron chi connectivity index (χ1n) is 7.08. The second-order valence-electron chi connectivity index (χ2n) is 5.56. The van der Waals surface area contributed by atoms with Crippen molar-refractivity contribution in [3.8, 4) is 6.07 Å². The van der Waals surface area contributed by atoms with Crippen molar-refractivity contribution in [2.45, 2.75) is 45.5 Å². The predicted octanol–water partition coefficient (Wildman–Crippen LogP) is 4.64. The molecule has 1 unspecified atom stereocenters. The Bertz CT molecular complexity index is 635. The Balaban J connectivity index is 2.44. The van der Waals surface area contributed by atoms with Crippen LogP contribution < -0.4 is 0 Å². The number of hydrogen-bond donors (Lipinski definition) is 0. The summed E-state index contributed by atoms with van der Waals surface area (Å²) < 4.78 is 2.16. The molecular formula is C16H20ClN3. The number of aryl methyl sites for hydroxylation is 1. The second-order valence-corrected chi connectivity index (χ2v) is 6.21. The molecule has 0 aliphatic rings. The molecule has 2 rings (SSSR count). The van der Waals surface area contributed by atoms with Crippen molar-refractivity contribution in [2.24, 2.45) is 5.92 Å². The molecular weight excluding hydrogens is 270 g/mol. The molecule has 0 radical (unpaired) electrons. The number of halogens is 1. The van der Waals surface area contributed by atoms with E-state index in [1.165, 1.54) is 6.42 Å². The third-order valence-corrected chi connectivity index (χ3v) is 3.64. The Kier molecular flexibility index (Phi) is 4.67. The summed E-state index contributed by atoms with van der Waals surface area (Å²) in [5.74, 6) is 1.55. The molecule has 0 amide bonds. The van der Waals surface area contributed by atoms with Crippen LogP contribution in [0.25, 0.3) is 11.0 Å². The van der Waals surface area contributed by atoms with Gasteiger partial charge in [-0.25, -0.2) is 4.98 Å². The highest BCUT2D eigenvalue weighted by Gasteiger charge is 2.16. The van der Waals surface area contributed by atoms with Crippen LogP contribution in [0.15, 0.2) is 18.2 Å². The lowest BCUT2D eigenvalue weighted by Gasteiger charge is -2.11. The van der Waals surface area contributed by atoms with Gasteiger partial charge in [0.1, 0.15) is 17.4 Å². The van der Waals surface area contributed by atoms with E-state index in [0.29, 0.717) is 11.5 Å². The number of benzene rings is 1. The van der Waals surface area contributed by atoms with Crippen LogP contribution in [0.5, 0.6) is 0 Å². The van der Waals surface area contributed by atoms with E-state index < -0.39 is 0 Å². The van der Waals surface area contributed by atoms with Crippen molar-refractivity contribution in [3.05, 3.63) is 29.6 Å². The largest absolute Gasteiger partial charge is 0.327 e. The highest BCUT2D eigenvalue weighted by Crippen LogP contribution is 2.27. The van der Waals surface area contributed by atoms with Gasteiger partial charge in [0.15, 0.2) is 0 Å². The normalized spacial score (nSPS) is 12.8. The van der Waals surface area contributed by atoms with Crippen LogP contribution >= 0.6 is 11.6 Å². The van der Waals surface area contributed by atoms with Gasteiger partial charge >= 0.3 is 0 Å². The maximum absolute atomic E-state index is 9.19. The van der Waals surface area contributed by atoms with Crippen LogP contribution in [0.1, 0.15) is 50.4 Å². The molecule has 0 fully saturated rings. The standard InChI is InChI=1S/C16H20ClN3/c1-11(2)6-5-9-20-14-8-4-7-13(10-18)15(14)19-16(20)12(3)17/h4,7-8,11-12H,5-6,9H2,1-3H3. The van der Waals surface area contributed by atoms with Gasteiger partial charge in [-0.05, 0) is 37.8 Å². The predicted molar refractivity (Wildman–Crippen MR) is 82.8 cm³/mol. The summed E-state index contributed by atoms with van der Waals surface area (Å²) in [6.45, 7) is 7.28. The van der Waals surface area contributed by atoms with E-state index in [0.717, 1.165) is 29.8 Å². The topological polar surface area (TPSA) is 41.6 Å². The maximum atomic E-state index is 9.19. The average Bonchev–Trinajstić information content (AvgIpc) is 2.77. The van der Waals surface area contributed by atoms with E-state index >= 15 is 0 Å². The highest BCUT2D eigenvalue weighted by molar-refractivity contribution is 6.20. The van der Waals surface area contributed by atoms with Gasteiger partial charge < -0.3 is 4.57 Å². The van der Waals surface area contributed by atoms with Gasteiger partial charge in [0.05, 0.1) is 16.5 Å². The van der Waals surface area contributed by atoms with Crippen LogP contribution in [0.3, 0.4) is 0 Å². The Morgan fingerprint density at radius 1 is 1.35 bits per heavy atom. The summed E-state index contributed by atoms with van der Waals surface area (Å²) in [7, 11) is 0. The number of rotatable bonds is 5. The Hall–Kier alpha value is -1.53. The second kappa shape index (κ2) is 6.28. The summed E-state index contributed by atoms with van der Waals surface area (Å²) in [5.41, 5.74) is 2.39. The number of nitriles is 1. The van der Waals surface area contributed by atoms with Crippen molar-refractivity contribution in [2.75, 3.05) is 0 Å². The van der Waals surface area contributed by atoms with Crippen molar-refractivity contribution < 1.29 is 0 Å². The minimum atomic E-state index is -0.159. The molecule has 1 aromatic heterocycles. The first-order valence-corrected chi connectivity index (χ1v) is 7.51. The monoisotopic (exact) mass is 289 g/mol. The lowest BCUT2D eigenvalue weighted by atomic mass is 10.1.